The van der Waals surface area contributed by atoms with Crippen molar-refractivity contribution in [2.75, 3.05) is 11.1 Å². The summed E-state index contributed by atoms with van der Waals surface area (Å²) in [6, 6.07) is 8.15. The lowest BCUT2D eigenvalue weighted by Gasteiger charge is -2.20. The standard InChI is InChI=1S/C27H36N6O2S2/c1-6-16-33-23(18(2)35-21-14-12-20(13-15-21)27(3,4)5)29-32-26(33)36-17-22(34)28-25-31-30-24(37-25)19-10-8-7-9-11-19/h6,12-15,18-19H,1,7-11,16-17H2,2-5H3,(H,28,31,34). The van der Waals surface area contributed by atoms with Crippen LogP contribution in [-0.2, 0) is 16.8 Å². The maximum Gasteiger partial charge on any atom is 0.236 e. The molecule has 2 aromatic heterocycles. The lowest BCUT2D eigenvalue weighted by Crippen LogP contribution is -2.15. The van der Waals surface area contributed by atoms with E-state index in [1.807, 2.05) is 23.6 Å². The van der Waals surface area contributed by atoms with Gasteiger partial charge in [0.2, 0.25) is 11.0 Å². The van der Waals surface area contributed by atoms with E-state index in [1.165, 1.54) is 47.9 Å². The van der Waals surface area contributed by atoms with Gasteiger partial charge in [-0.15, -0.1) is 27.0 Å². The summed E-state index contributed by atoms with van der Waals surface area (Å²) in [5.41, 5.74) is 1.33. The van der Waals surface area contributed by atoms with Crippen molar-refractivity contribution in [3.63, 3.8) is 0 Å². The van der Waals surface area contributed by atoms with Crippen LogP contribution in [0.15, 0.2) is 42.1 Å². The fraction of sp³-hybridized carbons (Fsp3) is 0.519. The Labute approximate surface area is 227 Å². The third-order valence-electron chi connectivity index (χ3n) is 6.43. The van der Waals surface area contributed by atoms with E-state index < -0.39 is 0 Å². The van der Waals surface area contributed by atoms with E-state index in [0.717, 1.165) is 23.6 Å². The van der Waals surface area contributed by atoms with Crippen LogP contribution in [0.25, 0.3) is 0 Å². The summed E-state index contributed by atoms with van der Waals surface area (Å²) in [6.07, 6.45) is 7.55. The van der Waals surface area contributed by atoms with E-state index in [2.05, 4.69) is 65.2 Å². The van der Waals surface area contributed by atoms with Crippen LogP contribution in [0, 0.1) is 0 Å². The number of thioether (sulfide) groups is 1. The van der Waals surface area contributed by atoms with Crippen LogP contribution in [-0.4, -0.2) is 36.6 Å². The van der Waals surface area contributed by atoms with Crippen LogP contribution in [0.2, 0.25) is 0 Å². The Hall–Kier alpha value is -2.72. The Morgan fingerprint density at radius 3 is 2.59 bits per heavy atom. The van der Waals surface area contributed by atoms with Crippen molar-refractivity contribution in [1.29, 1.82) is 0 Å². The molecular formula is C27H36N6O2S2. The Bertz CT molecular complexity index is 1190. The Kier molecular flexibility index (Phi) is 9.02. The number of rotatable bonds is 10. The van der Waals surface area contributed by atoms with Crippen molar-refractivity contribution in [3.05, 3.63) is 53.3 Å². The molecule has 0 radical (unpaired) electrons. The second kappa shape index (κ2) is 12.2. The number of ether oxygens (including phenoxy) is 1. The molecule has 1 unspecified atom stereocenters. The maximum absolute atomic E-state index is 12.6. The molecule has 0 bridgehead atoms. The second-order valence-electron chi connectivity index (χ2n) is 10.4. The van der Waals surface area contributed by atoms with Gasteiger partial charge in [0.25, 0.3) is 0 Å². The van der Waals surface area contributed by atoms with Gasteiger partial charge < -0.3 is 4.74 Å². The summed E-state index contributed by atoms with van der Waals surface area (Å²) in [5.74, 6) is 1.98. The predicted molar refractivity (Wildman–Crippen MR) is 149 cm³/mol. The molecule has 1 aliphatic rings. The van der Waals surface area contributed by atoms with Gasteiger partial charge in [0, 0.05) is 12.5 Å². The topological polar surface area (TPSA) is 94.8 Å². The summed E-state index contributed by atoms with van der Waals surface area (Å²) in [5, 5.41) is 22.3. The summed E-state index contributed by atoms with van der Waals surface area (Å²) in [6.45, 7) is 12.9. The monoisotopic (exact) mass is 540 g/mol. The molecule has 0 aliphatic heterocycles. The van der Waals surface area contributed by atoms with Crippen LogP contribution in [0.3, 0.4) is 0 Å². The van der Waals surface area contributed by atoms with Gasteiger partial charge in [-0.1, -0.05) is 81.3 Å². The van der Waals surface area contributed by atoms with Crippen molar-refractivity contribution < 1.29 is 9.53 Å². The molecular weight excluding hydrogens is 504 g/mol. The summed E-state index contributed by atoms with van der Waals surface area (Å²) in [4.78, 5) is 12.6. The quantitative estimate of drug-likeness (QED) is 0.231. The van der Waals surface area contributed by atoms with Crippen LogP contribution in [0.5, 0.6) is 5.75 Å². The van der Waals surface area contributed by atoms with Gasteiger partial charge in [-0.05, 0) is 42.9 Å². The molecule has 1 fully saturated rings. The number of allylic oxidation sites excluding steroid dienone is 1. The van der Waals surface area contributed by atoms with Gasteiger partial charge in [-0.25, -0.2) is 0 Å². The minimum Gasteiger partial charge on any atom is -0.483 e. The zero-order valence-electron chi connectivity index (χ0n) is 22.1. The minimum absolute atomic E-state index is 0.0838. The highest BCUT2D eigenvalue weighted by Crippen LogP contribution is 2.35. The first kappa shape index (κ1) is 27.3. The SMILES string of the molecule is C=CCn1c(SCC(=O)Nc2nnc(C3CCCCC3)s2)nnc1C(C)Oc1ccc(C(C)(C)C)cc1. The van der Waals surface area contributed by atoms with Crippen LogP contribution >= 0.6 is 23.1 Å². The number of carbonyl (C=O) groups is 1. The summed E-state index contributed by atoms with van der Waals surface area (Å²) >= 11 is 2.81. The fourth-order valence-electron chi connectivity index (χ4n) is 4.38. The molecule has 0 spiro atoms. The molecule has 10 heteroatoms. The Morgan fingerprint density at radius 2 is 1.92 bits per heavy atom. The minimum atomic E-state index is -0.323. The second-order valence-corrected chi connectivity index (χ2v) is 12.3. The molecule has 37 heavy (non-hydrogen) atoms. The summed E-state index contributed by atoms with van der Waals surface area (Å²) < 4.78 is 8.10. The number of amides is 1. The molecule has 1 amide bonds. The van der Waals surface area contributed by atoms with E-state index in [9.17, 15) is 4.79 Å². The smallest absolute Gasteiger partial charge is 0.236 e. The van der Waals surface area contributed by atoms with E-state index in [0.29, 0.717) is 28.6 Å². The lowest BCUT2D eigenvalue weighted by atomic mass is 9.87. The molecule has 2 heterocycles. The molecule has 1 aliphatic carbocycles. The molecule has 0 saturated heterocycles. The van der Waals surface area contributed by atoms with Gasteiger partial charge in [0.05, 0.1) is 5.75 Å². The third kappa shape index (κ3) is 7.19. The number of carbonyl (C=O) groups excluding carboxylic acids is 1. The van der Waals surface area contributed by atoms with Gasteiger partial charge in [-0.2, -0.15) is 0 Å². The first-order valence-electron chi connectivity index (χ1n) is 12.8. The van der Waals surface area contributed by atoms with Gasteiger partial charge in [-0.3, -0.25) is 14.7 Å². The molecule has 4 rings (SSSR count). The molecule has 1 saturated carbocycles. The number of hydrogen-bond acceptors (Lipinski definition) is 8. The third-order valence-corrected chi connectivity index (χ3v) is 8.40. The highest BCUT2D eigenvalue weighted by Gasteiger charge is 2.22. The fourth-order valence-corrected chi connectivity index (χ4v) is 6.07. The van der Waals surface area contributed by atoms with Crippen LogP contribution in [0.1, 0.15) is 88.2 Å². The van der Waals surface area contributed by atoms with E-state index in [-0.39, 0.29) is 23.2 Å². The van der Waals surface area contributed by atoms with Crippen LogP contribution < -0.4 is 10.1 Å². The lowest BCUT2D eigenvalue weighted by molar-refractivity contribution is -0.113. The first-order valence-corrected chi connectivity index (χ1v) is 14.6. The Balaban J connectivity index is 1.35. The van der Waals surface area contributed by atoms with Crippen molar-refractivity contribution in [2.45, 2.75) is 88.9 Å². The van der Waals surface area contributed by atoms with Crippen molar-refractivity contribution in [1.82, 2.24) is 25.0 Å². The highest BCUT2D eigenvalue weighted by atomic mass is 32.2. The predicted octanol–water partition coefficient (Wildman–Crippen LogP) is 6.53. The van der Waals surface area contributed by atoms with Crippen LogP contribution in [0.4, 0.5) is 5.13 Å². The van der Waals surface area contributed by atoms with Crippen molar-refractivity contribution >= 4 is 34.1 Å². The molecule has 1 N–H and O–H groups in total. The average molecular weight is 541 g/mol. The molecule has 8 nitrogen and oxygen atoms in total. The van der Waals surface area contributed by atoms with E-state index in [1.54, 1.807) is 6.08 Å². The van der Waals surface area contributed by atoms with E-state index in [4.69, 9.17) is 4.74 Å². The van der Waals surface area contributed by atoms with Gasteiger partial charge >= 0.3 is 0 Å². The first-order chi connectivity index (χ1) is 17.7. The molecule has 1 atom stereocenters. The Morgan fingerprint density at radius 1 is 1.19 bits per heavy atom. The number of hydrogen-bond donors (Lipinski definition) is 1. The number of nitrogens with one attached hydrogen (secondary N) is 1. The number of anilines is 1. The number of aromatic nitrogens is 5. The van der Waals surface area contributed by atoms with Crippen molar-refractivity contribution in [3.8, 4) is 5.75 Å². The largest absolute Gasteiger partial charge is 0.483 e. The molecule has 1 aromatic carbocycles. The average Bonchev–Trinajstić information content (AvgIpc) is 3.50. The van der Waals surface area contributed by atoms with Crippen molar-refractivity contribution in [2.24, 2.45) is 0 Å². The summed E-state index contributed by atoms with van der Waals surface area (Å²) in [7, 11) is 0. The zero-order valence-corrected chi connectivity index (χ0v) is 23.7. The maximum atomic E-state index is 12.6. The number of benzene rings is 1. The normalized spacial score (nSPS) is 15.4. The van der Waals surface area contributed by atoms with E-state index >= 15 is 0 Å². The zero-order chi connectivity index (χ0) is 26.4. The number of nitrogens with zero attached hydrogens (tertiary/aromatic N) is 5. The molecule has 198 valence electrons. The van der Waals surface area contributed by atoms with Gasteiger partial charge in [0.1, 0.15) is 10.8 Å². The highest BCUT2D eigenvalue weighted by molar-refractivity contribution is 7.99. The van der Waals surface area contributed by atoms with Gasteiger partial charge in [0.15, 0.2) is 17.1 Å². The molecule has 3 aromatic rings.